The minimum atomic E-state index is -0.139. The monoisotopic (exact) mass is 303 g/mol. The van der Waals surface area contributed by atoms with Gasteiger partial charge in [0, 0.05) is 18.0 Å². The highest BCUT2D eigenvalue weighted by atomic mass is 32.1. The molecule has 7 heteroatoms. The Hall–Kier alpha value is -1.99. The van der Waals surface area contributed by atoms with Crippen LogP contribution in [0.3, 0.4) is 0 Å². The predicted octanol–water partition coefficient (Wildman–Crippen LogP) is 1.91. The molecule has 3 aromatic rings. The van der Waals surface area contributed by atoms with E-state index in [1.807, 2.05) is 13.1 Å². The van der Waals surface area contributed by atoms with Crippen LogP contribution < -0.4 is 5.56 Å². The van der Waals surface area contributed by atoms with Crippen LogP contribution in [0.15, 0.2) is 28.5 Å². The van der Waals surface area contributed by atoms with E-state index in [2.05, 4.69) is 38.3 Å². The molecule has 21 heavy (non-hydrogen) atoms. The molecule has 6 nitrogen and oxygen atoms in total. The number of thiophene rings is 1. The van der Waals surface area contributed by atoms with Crippen LogP contribution in [0.1, 0.15) is 23.7 Å². The summed E-state index contributed by atoms with van der Waals surface area (Å²) in [6, 6.07) is 4.44. The van der Waals surface area contributed by atoms with Crippen LogP contribution in [0.5, 0.6) is 0 Å². The van der Waals surface area contributed by atoms with Gasteiger partial charge in [-0.25, -0.2) is 4.98 Å². The second-order valence-corrected chi connectivity index (χ2v) is 6.10. The fraction of sp³-hybridized carbons (Fsp3) is 0.357. The van der Waals surface area contributed by atoms with Gasteiger partial charge in [0.2, 0.25) is 0 Å². The van der Waals surface area contributed by atoms with Crippen LogP contribution in [0.2, 0.25) is 0 Å². The third-order valence-corrected chi connectivity index (χ3v) is 4.71. The number of rotatable bonds is 4. The van der Waals surface area contributed by atoms with Crippen LogP contribution >= 0.6 is 11.3 Å². The molecule has 3 aromatic heterocycles. The number of aryl methyl sites for hydroxylation is 1. The quantitative estimate of drug-likeness (QED) is 0.799. The van der Waals surface area contributed by atoms with Gasteiger partial charge in [-0.3, -0.25) is 14.4 Å². The fourth-order valence-electron chi connectivity index (χ4n) is 2.27. The number of fused-ring (bicyclic) bond motifs is 1. The molecule has 0 aromatic carbocycles. The van der Waals surface area contributed by atoms with Gasteiger partial charge >= 0.3 is 0 Å². The number of aromatic nitrogens is 4. The predicted molar refractivity (Wildman–Crippen MR) is 83.3 cm³/mol. The smallest absolute Gasteiger partial charge is 0.262 e. The Morgan fingerprint density at radius 3 is 3.05 bits per heavy atom. The van der Waals surface area contributed by atoms with E-state index in [0.29, 0.717) is 23.4 Å². The summed E-state index contributed by atoms with van der Waals surface area (Å²) in [4.78, 5) is 22.8. The van der Waals surface area contributed by atoms with E-state index in [1.165, 1.54) is 4.88 Å². The maximum absolute atomic E-state index is 12.0. The number of hydrogen-bond donors (Lipinski definition) is 1. The molecule has 0 amide bonds. The molecule has 1 atom stereocenters. The maximum atomic E-state index is 12.0. The Labute approximate surface area is 126 Å². The van der Waals surface area contributed by atoms with Crippen LogP contribution in [-0.4, -0.2) is 31.7 Å². The molecule has 0 radical (unpaired) electrons. The molecule has 110 valence electrons. The molecular weight excluding hydrogens is 286 g/mol. The first-order chi connectivity index (χ1) is 10.1. The molecule has 0 saturated carbocycles. The van der Waals surface area contributed by atoms with Crippen molar-refractivity contribution in [1.29, 1.82) is 0 Å². The summed E-state index contributed by atoms with van der Waals surface area (Å²) in [6.07, 6.45) is 1.54. The Balaban J connectivity index is 1.87. The van der Waals surface area contributed by atoms with Gasteiger partial charge in [0.25, 0.3) is 5.56 Å². The minimum Gasteiger partial charge on any atom is -0.309 e. The van der Waals surface area contributed by atoms with Crippen LogP contribution in [0, 0.1) is 0 Å². The lowest BCUT2D eigenvalue weighted by atomic mass is 10.2. The highest BCUT2D eigenvalue weighted by Crippen LogP contribution is 2.24. The lowest BCUT2D eigenvalue weighted by molar-refractivity contribution is 0.250. The van der Waals surface area contributed by atoms with Crippen molar-refractivity contribution in [2.24, 2.45) is 7.05 Å². The van der Waals surface area contributed by atoms with E-state index in [1.54, 1.807) is 29.3 Å². The van der Waals surface area contributed by atoms with Gasteiger partial charge in [-0.2, -0.15) is 5.10 Å². The molecule has 0 aliphatic heterocycles. The molecule has 1 N–H and O–H groups in total. The zero-order chi connectivity index (χ0) is 15.0. The summed E-state index contributed by atoms with van der Waals surface area (Å²) in [7, 11) is 3.81. The summed E-state index contributed by atoms with van der Waals surface area (Å²) in [6.45, 7) is 2.72. The molecule has 0 aliphatic carbocycles. The molecule has 0 bridgehead atoms. The molecular formula is C14H17N5OS. The first kappa shape index (κ1) is 14.0. The fourth-order valence-corrected chi connectivity index (χ4v) is 3.12. The molecule has 1 unspecified atom stereocenters. The Morgan fingerprint density at radius 1 is 1.52 bits per heavy atom. The normalized spacial score (nSPS) is 13.1. The Kier molecular flexibility index (Phi) is 3.60. The summed E-state index contributed by atoms with van der Waals surface area (Å²) in [5.41, 5.74) is 0.478. The van der Waals surface area contributed by atoms with Gasteiger partial charge in [0.15, 0.2) is 5.65 Å². The van der Waals surface area contributed by atoms with E-state index in [-0.39, 0.29) is 11.6 Å². The number of nitrogens with zero attached hydrogens (tertiary/aromatic N) is 4. The number of hydrogen-bond acceptors (Lipinski definition) is 5. The van der Waals surface area contributed by atoms with Crippen molar-refractivity contribution >= 4 is 22.4 Å². The average Bonchev–Trinajstić information content (AvgIpc) is 3.09. The van der Waals surface area contributed by atoms with E-state index < -0.39 is 0 Å². The molecule has 3 heterocycles. The lowest BCUT2D eigenvalue weighted by Crippen LogP contribution is -2.24. The van der Waals surface area contributed by atoms with Crippen molar-refractivity contribution < 1.29 is 0 Å². The largest absolute Gasteiger partial charge is 0.309 e. The number of aromatic amines is 1. The topological polar surface area (TPSA) is 66.8 Å². The molecule has 0 aliphatic rings. The Morgan fingerprint density at radius 2 is 2.33 bits per heavy atom. The minimum absolute atomic E-state index is 0.139. The zero-order valence-corrected chi connectivity index (χ0v) is 13.0. The highest BCUT2D eigenvalue weighted by Gasteiger charge is 2.15. The first-order valence-corrected chi connectivity index (χ1v) is 7.59. The summed E-state index contributed by atoms with van der Waals surface area (Å²) >= 11 is 1.73. The van der Waals surface area contributed by atoms with Crippen molar-refractivity contribution in [3.8, 4) is 0 Å². The van der Waals surface area contributed by atoms with Crippen molar-refractivity contribution in [2.75, 3.05) is 7.05 Å². The van der Waals surface area contributed by atoms with E-state index in [0.717, 1.165) is 0 Å². The van der Waals surface area contributed by atoms with Crippen molar-refractivity contribution in [2.45, 2.75) is 19.5 Å². The van der Waals surface area contributed by atoms with Crippen molar-refractivity contribution in [3.63, 3.8) is 0 Å². The van der Waals surface area contributed by atoms with Gasteiger partial charge < -0.3 is 4.98 Å². The second-order valence-electron chi connectivity index (χ2n) is 5.12. The zero-order valence-electron chi connectivity index (χ0n) is 12.2. The molecule has 0 saturated heterocycles. The van der Waals surface area contributed by atoms with E-state index >= 15 is 0 Å². The highest BCUT2D eigenvalue weighted by molar-refractivity contribution is 7.10. The Bertz CT molecular complexity index is 804. The first-order valence-electron chi connectivity index (χ1n) is 6.71. The number of H-pyrrole nitrogens is 1. The third-order valence-electron chi connectivity index (χ3n) is 3.67. The van der Waals surface area contributed by atoms with Gasteiger partial charge in [-0.05, 0) is 25.4 Å². The maximum Gasteiger partial charge on any atom is 0.262 e. The van der Waals surface area contributed by atoms with Crippen molar-refractivity contribution in [1.82, 2.24) is 24.6 Å². The molecule has 0 fully saturated rings. The van der Waals surface area contributed by atoms with E-state index in [9.17, 15) is 4.79 Å². The number of nitrogens with one attached hydrogen (secondary N) is 1. The third kappa shape index (κ3) is 2.62. The lowest BCUT2D eigenvalue weighted by Gasteiger charge is -2.23. The standard InChI is InChI=1S/C14H17N5OS/c1-9(11-5-4-6-21-11)18(2)8-12-16-13-10(14(20)17-12)7-15-19(13)3/h4-7,9H,8H2,1-3H3,(H,16,17,20). The average molecular weight is 303 g/mol. The van der Waals surface area contributed by atoms with Gasteiger partial charge in [0.1, 0.15) is 11.2 Å². The van der Waals surface area contributed by atoms with Gasteiger partial charge in [-0.1, -0.05) is 6.07 Å². The van der Waals surface area contributed by atoms with Crippen LogP contribution in [0.25, 0.3) is 11.0 Å². The molecule has 3 rings (SSSR count). The van der Waals surface area contributed by atoms with Gasteiger partial charge in [0.05, 0.1) is 12.7 Å². The summed E-state index contributed by atoms with van der Waals surface area (Å²) in [5, 5.41) is 6.67. The van der Waals surface area contributed by atoms with Crippen LogP contribution in [0.4, 0.5) is 0 Å². The second kappa shape index (κ2) is 5.42. The summed E-state index contributed by atoms with van der Waals surface area (Å²) in [5.74, 6) is 0.655. The van der Waals surface area contributed by atoms with E-state index in [4.69, 9.17) is 0 Å². The van der Waals surface area contributed by atoms with Crippen LogP contribution in [-0.2, 0) is 13.6 Å². The SMILES string of the molecule is CC(c1cccs1)N(C)Cc1nc2c(cnn2C)c(=O)[nH]1. The van der Waals surface area contributed by atoms with Crippen molar-refractivity contribution in [3.05, 3.63) is 44.8 Å². The molecule has 0 spiro atoms. The summed E-state index contributed by atoms with van der Waals surface area (Å²) < 4.78 is 1.62. The van der Waals surface area contributed by atoms with Gasteiger partial charge in [-0.15, -0.1) is 11.3 Å².